The number of benzene rings is 1. The van der Waals surface area contributed by atoms with Gasteiger partial charge in [-0.2, -0.15) is 0 Å². The summed E-state index contributed by atoms with van der Waals surface area (Å²) in [7, 11) is 1.56. The first kappa shape index (κ1) is 17.8. The lowest BCUT2D eigenvalue weighted by Gasteiger charge is -2.12. The number of nitrogens with zero attached hydrogens (tertiary/aromatic N) is 2. The summed E-state index contributed by atoms with van der Waals surface area (Å²) >= 11 is 0. The van der Waals surface area contributed by atoms with E-state index in [0.29, 0.717) is 25.3 Å². The van der Waals surface area contributed by atoms with E-state index in [4.69, 9.17) is 4.74 Å². The Morgan fingerprint density at radius 3 is 2.73 bits per heavy atom. The third-order valence-electron chi connectivity index (χ3n) is 4.15. The van der Waals surface area contributed by atoms with Gasteiger partial charge >= 0.3 is 0 Å². The molecule has 0 saturated carbocycles. The SMILES string of the molecule is COCCNC(=O)c1cc2cccnc2n(Cc2ccc(C)cc2)c1=O. The van der Waals surface area contributed by atoms with Crippen molar-refractivity contribution in [1.82, 2.24) is 14.9 Å². The van der Waals surface area contributed by atoms with Crippen molar-refractivity contribution >= 4 is 16.9 Å². The van der Waals surface area contributed by atoms with E-state index in [-0.39, 0.29) is 11.1 Å². The van der Waals surface area contributed by atoms with Gasteiger partial charge in [-0.25, -0.2) is 4.98 Å². The molecule has 0 radical (unpaired) electrons. The summed E-state index contributed by atoms with van der Waals surface area (Å²) in [5.74, 6) is -0.407. The number of aryl methyl sites for hydroxylation is 1. The van der Waals surface area contributed by atoms with Gasteiger partial charge < -0.3 is 10.1 Å². The standard InChI is InChI=1S/C20H21N3O3/c1-14-5-7-15(8-6-14)13-23-18-16(4-3-9-21-18)12-17(20(23)25)19(24)22-10-11-26-2/h3-9,12H,10-11,13H2,1-2H3,(H,22,24). The van der Waals surface area contributed by atoms with Crippen LogP contribution in [0.4, 0.5) is 0 Å². The van der Waals surface area contributed by atoms with Crippen LogP contribution in [-0.2, 0) is 11.3 Å². The van der Waals surface area contributed by atoms with Crippen LogP contribution in [0.25, 0.3) is 11.0 Å². The highest BCUT2D eigenvalue weighted by Gasteiger charge is 2.16. The molecule has 0 atom stereocenters. The number of hydrogen-bond acceptors (Lipinski definition) is 4. The molecule has 0 aliphatic carbocycles. The van der Waals surface area contributed by atoms with Crippen LogP contribution in [0.1, 0.15) is 21.5 Å². The van der Waals surface area contributed by atoms with Crippen LogP contribution in [-0.4, -0.2) is 35.7 Å². The number of amides is 1. The molecule has 0 aliphatic rings. The number of nitrogens with one attached hydrogen (secondary N) is 1. The van der Waals surface area contributed by atoms with Gasteiger partial charge in [0.05, 0.1) is 13.2 Å². The molecule has 0 unspecified atom stereocenters. The van der Waals surface area contributed by atoms with E-state index in [0.717, 1.165) is 16.5 Å². The number of methoxy groups -OCH3 is 1. The summed E-state index contributed by atoms with van der Waals surface area (Å²) in [5, 5.41) is 3.45. The van der Waals surface area contributed by atoms with Crippen LogP contribution in [0.15, 0.2) is 53.5 Å². The Morgan fingerprint density at radius 1 is 1.23 bits per heavy atom. The zero-order valence-corrected chi connectivity index (χ0v) is 14.9. The van der Waals surface area contributed by atoms with Crippen molar-refractivity contribution in [2.24, 2.45) is 0 Å². The van der Waals surface area contributed by atoms with Gasteiger partial charge in [-0.3, -0.25) is 14.2 Å². The van der Waals surface area contributed by atoms with E-state index < -0.39 is 5.91 Å². The third kappa shape index (κ3) is 3.81. The molecule has 26 heavy (non-hydrogen) atoms. The van der Waals surface area contributed by atoms with Crippen LogP contribution in [0.5, 0.6) is 0 Å². The van der Waals surface area contributed by atoms with Crippen molar-refractivity contribution in [2.75, 3.05) is 20.3 Å². The molecule has 3 rings (SSSR count). The molecule has 134 valence electrons. The second-order valence-corrected chi connectivity index (χ2v) is 6.10. The van der Waals surface area contributed by atoms with Crippen molar-refractivity contribution in [3.63, 3.8) is 0 Å². The Hall–Kier alpha value is -2.99. The highest BCUT2D eigenvalue weighted by molar-refractivity contribution is 5.96. The molecule has 6 heteroatoms. The number of rotatable bonds is 6. The summed E-state index contributed by atoms with van der Waals surface area (Å²) < 4.78 is 6.48. The minimum absolute atomic E-state index is 0.105. The Labute approximate surface area is 151 Å². The average molecular weight is 351 g/mol. The number of pyridine rings is 2. The third-order valence-corrected chi connectivity index (χ3v) is 4.15. The quantitative estimate of drug-likeness (QED) is 0.691. The number of ether oxygens (including phenoxy) is 1. The predicted molar refractivity (Wildman–Crippen MR) is 100 cm³/mol. The number of hydrogen-bond donors (Lipinski definition) is 1. The van der Waals surface area contributed by atoms with E-state index in [1.807, 2.05) is 37.3 Å². The molecule has 1 aromatic carbocycles. The smallest absolute Gasteiger partial charge is 0.265 e. The van der Waals surface area contributed by atoms with Gasteiger partial charge in [-0.1, -0.05) is 29.8 Å². The lowest BCUT2D eigenvalue weighted by Crippen LogP contribution is -2.35. The molecular weight excluding hydrogens is 330 g/mol. The minimum Gasteiger partial charge on any atom is -0.383 e. The second kappa shape index (κ2) is 7.93. The molecule has 0 spiro atoms. The Bertz CT molecular complexity index is 978. The molecule has 1 amide bonds. The topological polar surface area (TPSA) is 73.2 Å². The highest BCUT2D eigenvalue weighted by atomic mass is 16.5. The van der Waals surface area contributed by atoms with Gasteiger partial charge in [-0.15, -0.1) is 0 Å². The Kier molecular flexibility index (Phi) is 5.43. The van der Waals surface area contributed by atoms with Crippen molar-refractivity contribution < 1.29 is 9.53 Å². The second-order valence-electron chi connectivity index (χ2n) is 6.10. The van der Waals surface area contributed by atoms with Gasteiger partial charge in [0.25, 0.3) is 11.5 Å². The fourth-order valence-corrected chi connectivity index (χ4v) is 2.75. The number of carbonyl (C=O) groups excluding carboxylic acids is 1. The summed E-state index contributed by atoms with van der Waals surface area (Å²) in [6.07, 6.45) is 1.64. The lowest BCUT2D eigenvalue weighted by atomic mass is 10.1. The van der Waals surface area contributed by atoms with Crippen molar-refractivity contribution in [1.29, 1.82) is 0 Å². The molecule has 6 nitrogen and oxygen atoms in total. The van der Waals surface area contributed by atoms with Gasteiger partial charge in [-0.05, 0) is 30.7 Å². The number of aromatic nitrogens is 2. The molecule has 2 heterocycles. The Morgan fingerprint density at radius 2 is 2.00 bits per heavy atom. The van der Waals surface area contributed by atoms with Crippen molar-refractivity contribution in [3.05, 3.63) is 75.7 Å². The Balaban J connectivity index is 2.05. The maximum atomic E-state index is 13.0. The van der Waals surface area contributed by atoms with Crippen LogP contribution in [0, 0.1) is 6.92 Å². The van der Waals surface area contributed by atoms with Gasteiger partial charge in [0, 0.05) is 25.2 Å². The monoisotopic (exact) mass is 351 g/mol. The fraction of sp³-hybridized carbons (Fsp3) is 0.250. The van der Waals surface area contributed by atoms with E-state index in [1.165, 1.54) is 0 Å². The maximum Gasteiger partial charge on any atom is 0.265 e. The van der Waals surface area contributed by atoms with Crippen LogP contribution in [0.2, 0.25) is 0 Å². The average Bonchev–Trinajstić information content (AvgIpc) is 2.65. The first-order valence-corrected chi connectivity index (χ1v) is 8.41. The summed E-state index contributed by atoms with van der Waals surface area (Å²) in [4.78, 5) is 29.7. The first-order chi connectivity index (χ1) is 12.6. The minimum atomic E-state index is -0.407. The van der Waals surface area contributed by atoms with Gasteiger partial charge in [0.2, 0.25) is 0 Å². The fourth-order valence-electron chi connectivity index (χ4n) is 2.75. The molecule has 2 aromatic heterocycles. The predicted octanol–water partition coefficient (Wildman–Crippen LogP) is 2.13. The summed E-state index contributed by atoms with van der Waals surface area (Å²) in [6.45, 7) is 3.10. The van der Waals surface area contributed by atoms with Crippen LogP contribution in [0.3, 0.4) is 0 Å². The molecule has 3 aromatic rings. The van der Waals surface area contributed by atoms with Gasteiger partial charge in [0.15, 0.2) is 0 Å². The van der Waals surface area contributed by atoms with E-state index in [1.54, 1.807) is 30.0 Å². The summed E-state index contributed by atoms with van der Waals surface area (Å²) in [5.41, 5.74) is 2.43. The molecular formula is C20H21N3O3. The maximum absolute atomic E-state index is 13.0. The van der Waals surface area contributed by atoms with Crippen LogP contribution >= 0.6 is 0 Å². The highest BCUT2D eigenvalue weighted by Crippen LogP contribution is 2.13. The first-order valence-electron chi connectivity index (χ1n) is 8.41. The van der Waals surface area contributed by atoms with E-state index in [9.17, 15) is 9.59 Å². The largest absolute Gasteiger partial charge is 0.383 e. The van der Waals surface area contributed by atoms with Crippen molar-refractivity contribution in [3.8, 4) is 0 Å². The zero-order chi connectivity index (χ0) is 18.5. The molecule has 0 fully saturated rings. The molecule has 1 N–H and O–H groups in total. The lowest BCUT2D eigenvalue weighted by molar-refractivity contribution is 0.0935. The van der Waals surface area contributed by atoms with Crippen molar-refractivity contribution in [2.45, 2.75) is 13.5 Å². The molecule has 0 bridgehead atoms. The number of carbonyl (C=O) groups is 1. The van der Waals surface area contributed by atoms with Crippen LogP contribution < -0.4 is 10.9 Å². The summed E-state index contributed by atoms with van der Waals surface area (Å²) in [6, 6.07) is 13.2. The zero-order valence-electron chi connectivity index (χ0n) is 14.9. The molecule has 0 aliphatic heterocycles. The van der Waals surface area contributed by atoms with E-state index in [2.05, 4.69) is 10.3 Å². The van der Waals surface area contributed by atoms with E-state index >= 15 is 0 Å². The normalized spacial score (nSPS) is 10.8. The number of fused-ring (bicyclic) bond motifs is 1. The molecule has 0 saturated heterocycles. The van der Waals surface area contributed by atoms with Gasteiger partial charge in [0.1, 0.15) is 11.2 Å².